The third kappa shape index (κ3) is 1.86. The molecule has 2 heteroatoms. The lowest BCUT2D eigenvalue weighted by atomic mass is 9.70. The summed E-state index contributed by atoms with van der Waals surface area (Å²) in [7, 11) is 0. The summed E-state index contributed by atoms with van der Waals surface area (Å²) in [5.41, 5.74) is 1.31. The van der Waals surface area contributed by atoms with Crippen LogP contribution in [0, 0.1) is 11.7 Å². The molecule has 0 saturated heterocycles. The highest BCUT2D eigenvalue weighted by Gasteiger charge is 2.39. The monoisotopic (exact) mass is 240 g/mol. The first-order valence-corrected chi connectivity index (χ1v) is 6.39. The first-order chi connectivity index (χ1) is 7.56. The minimum atomic E-state index is -0.245. The van der Waals surface area contributed by atoms with Gasteiger partial charge in [-0.25, -0.2) is 4.39 Å². The predicted octanol–water partition coefficient (Wildman–Crippen LogP) is 4.95. The van der Waals surface area contributed by atoms with E-state index in [4.69, 9.17) is 11.6 Å². The zero-order chi connectivity index (χ0) is 11.8. The van der Waals surface area contributed by atoms with Crippen LogP contribution in [0.2, 0.25) is 5.02 Å². The quantitative estimate of drug-likeness (QED) is 0.686. The van der Waals surface area contributed by atoms with Gasteiger partial charge in [0.2, 0.25) is 0 Å². The summed E-state index contributed by atoms with van der Waals surface area (Å²) in [6, 6.07) is 4.85. The molecule has 0 aromatic heterocycles. The van der Waals surface area contributed by atoms with Crippen LogP contribution in [0.3, 0.4) is 0 Å². The van der Waals surface area contributed by atoms with Gasteiger partial charge < -0.3 is 0 Å². The maximum Gasteiger partial charge on any atom is 0.124 e. The average molecular weight is 241 g/mol. The van der Waals surface area contributed by atoms with Gasteiger partial charge in [0.05, 0.1) is 0 Å². The molecule has 0 radical (unpaired) electrons. The van der Waals surface area contributed by atoms with Gasteiger partial charge in [0.15, 0.2) is 0 Å². The summed E-state index contributed by atoms with van der Waals surface area (Å²) in [5, 5.41) is 0.593. The number of halogens is 2. The third-order valence-corrected chi connectivity index (χ3v) is 4.38. The van der Waals surface area contributed by atoms with Crippen molar-refractivity contribution in [1.82, 2.24) is 0 Å². The van der Waals surface area contributed by atoms with E-state index in [1.54, 1.807) is 0 Å². The van der Waals surface area contributed by atoms with Crippen LogP contribution in [-0.2, 0) is 5.41 Å². The zero-order valence-electron chi connectivity index (χ0n) is 9.89. The van der Waals surface area contributed by atoms with Gasteiger partial charge in [0, 0.05) is 5.02 Å². The van der Waals surface area contributed by atoms with Crippen molar-refractivity contribution in [2.24, 2.45) is 5.92 Å². The summed E-state index contributed by atoms with van der Waals surface area (Å²) in [6.07, 6.45) is 4.86. The molecule has 0 spiro atoms. The molecule has 0 heterocycles. The fourth-order valence-corrected chi connectivity index (χ4v) is 3.41. The van der Waals surface area contributed by atoms with E-state index in [0.717, 1.165) is 5.56 Å². The van der Waals surface area contributed by atoms with Crippen molar-refractivity contribution in [1.29, 1.82) is 0 Å². The second kappa shape index (κ2) is 4.37. The van der Waals surface area contributed by atoms with Crippen LogP contribution >= 0.6 is 11.6 Å². The van der Waals surface area contributed by atoms with Crippen molar-refractivity contribution in [3.63, 3.8) is 0 Å². The highest BCUT2D eigenvalue weighted by molar-refractivity contribution is 6.31. The molecule has 1 fully saturated rings. The van der Waals surface area contributed by atoms with Crippen molar-refractivity contribution >= 4 is 11.6 Å². The molecule has 0 bridgehead atoms. The maximum atomic E-state index is 13.1. The van der Waals surface area contributed by atoms with E-state index in [2.05, 4.69) is 13.8 Å². The average Bonchev–Trinajstić information content (AvgIpc) is 2.67. The number of rotatable bonds is 2. The van der Waals surface area contributed by atoms with Crippen molar-refractivity contribution in [2.75, 3.05) is 0 Å². The van der Waals surface area contributed by atoms with Gasteiger partial charge in [-0.3, -0.25) is 0 Å². The predicted molar refractivity (Wildman–Crippen MR) is 66.4 cm³/mol. The first-order valence-electron chi connectivity index (χ1n) is 6.02. The second-order valence-corrected chi connectivity index (χ2v) is 5.55. The maximum absolute atomic E-state index is 13.1. The molecule has 0 amide bonds. The van der Waals surface area contributed by atoms with Gasteiger partial charge in [-0.1, -0.05) is 44.4 Å². The summed E-state index contributed by atoms with van der Waals surface area (Å²) < 4.78 is 13.1. The van der Waals surface area contributed by atoms with E-state index in [9.17, 15) is 4.39 Å². The Hall–Kier alpha value is -0.560. The lowest BCUT2D eigenvalue weighted by molar-refractivity contribution is 0.314. The van der Waals surface area contributed by atoms with Crippen molar-refractivity contribution < 1.29 is 4.39 Å². The van der Waals surface area contributed by atoms with Crippen LogP contribution in [0.15, 0.2) is 18.2 Å². The minimum Gasteiger partial charge on any atom is -0.207 e. The van der Waals surface area contributed by atoms with Crippen LogP contribution < -0.4 is 0 Å². The molecule has 16 heavy (non-hydrogen) atoms. The molecule has 0 unspecified atom stereocenters. The lowest BCUT2D eigenvalue weighted by Gasteiger charge is -2.35. The summed E-state index contributed by atoms with van der Waals surface area (Å²) in [6.45, 7) is 4.48. The van der Waals surface area contributed by atoms with Crippen molar-refractivity contribution in [3.05, 3.63) is 34.6 Å². The molecular formula is C14H18ClF. The zero-order valence-corrected chi connectivity index (χ0v) is 10.6. The Morgan fingerprint density at radius 3 is 2.38 bits per heavy atom. The van der Waals surface area contributed by atoms with Crippen molar-refractivity contribution in [3.8, 4) is 0 Å². The number of benzene rings is 1. The molecule has 1 aliphatic rings. The Kier molecular flexibility index (Phi) is 3.25. The van der Waals surface area contributed by atoms with E-state index >= 15 is 0 Å². The fraction of sp³-hybridized carbons (Fsp3) is 0.571. The van der Waals surface area contributed by atoms with Gasteiger partial charge >= 0.3 is 0 Å². The summed E-state index contributed by atoms with van der Waals surface area (Å²) in [5.74, 6) is 0.309. The van der Waals surface area contributed by atoms with Gasteiger partial charge in [-0.05, 0) is 41.9 Å². The largest absolute Gasteiger partial charge is 0.207 e. The molecule has 1 aliphatic carbocycles. The fourth-order valence-electron chi connectivity index (χ4n) is 3.06. The molecule has 0 atom stereocenters. The Bertz CT molecular complexity index is 378. The van der Waals surface area contributed by atoms with Gasteiger partial charge in [0.25, 0.3) is 0 Å². The smallest absolute Gasteiger partial charge is 0.124 e. The molecule has 0 N–H and O–H groups in total. The van der Waals surface area contributed by atoms with Gasteiger partial charge in [-0.2, -0.15) is 0 Å². The Balaban J connectivity index is 2.47. The molecular weight excluding hydrogens is 223 g/mol. The minimum absolute atomic E-state index is 0.171. The third-order valence-electron chi connectivity index (χ3n) is 4.07. The van der Waals surface area contributed by atoms with E-state index in [1.807, 2.05) is 6.07 Å². The SMILES string of the molecule is CC(C)C1(c2ccc(F)cc2Cl)CCCC1. The molecule has 1 aromatic carbocycles. The Labute approximate surface area is 102 Å². The molecule has 1 aromatic rings. The highest BCUT2D eigenvalue weighted by Crippen LogP contribution is 2.48. The lowest BCUT2D eigenvalue weighted by Crippen LogP contribution is -2.29. The topological polar surface area (TPSA) is 0 Å². The number of hydrogen-bond donors (Lipinski definition) is 0. The van der Waals surface area contributed by atoms with Crippen LogP contribution in [0.4, 0.5) is 4.39 Å². The highest BCUT2D eigenvalue weighted by atomic mass is 35.5. The number of hydrogen-bond acceptors (Lipinski definition) is 0. The summed E-state index contributed by atoms with van der Waals surface area (Å²) >= 11 is 6.20. The van der Waals surface area contributed by atoms with Crippen LogP contribution in [0.1, 0.15) is 45.1 Å². The van der Waals surface area contributed by atoms with Crippen LogP contribution in [0.5, 0.6) is 0 Å². The standard InChI is InChI=1S/C14H18ClF/c1-10(2)14(7-3-4-8-14)12-6-5-11(16)9-13(12)15/h5-6,9-10H,3-4,7-8H2,1-2H3. The molecule has 88 valence electrons. The van der Waals surface area contributed by atoms with Gasteiger partial charge in [0.1, 0.15) is 5.82 Å². The second-order valence-electron chi connectivity index (χ2n) is 5.14. The van der Waals surface area contributed by atoms with E-state index in [0.29, 0.717) is 10.9 Å². The van der Waals surface area contributed by atoms with Crippen LogP contribution in [-0.4, -0.2) is 0 Å². The molecule has 2 rings (SSSR count). The van der Waals surface area contributed by atoms with E-state index in [-0.39, 0.29) is 11.2 Å². The van der Waals surface area contributed by atoms with Gasteiger partial charge in [-0.15, -0.1) is 0 Å². The van der Waals surface area contributed by atoms with Crippen molar-refractivity contribution in [2.45, 2.75) is 44.9 Å². The van der Waals surface area contributed by atoms with E-state index < -0.39 is 0 Å². The normalized spacial score (nSPS) is 19.3. The molecule has 0 nitrogen and oxygen atoms in total. The van der Waals surface area contributed by atoms with Crippen LogP contribution in [0.25, 0.3) is 0 Å². The van der Waals surface area contributed by atoms with E-state index in [1.165, 1.54) is 37.8 Å². The Morgan fingerprint density at radius 2 is 1.88 bits per heavy atom. The Morgan fingerprint density at radius 1 is 1.25 bits per heavy atom. The summed E-state index contributed by atoms with van der Waals surface area (Å²) in [4.78, 5) is 0. The first kappa shape index (κ1) is 11.9. The molecule has 1 saturated carbocycles. The molecule has 0 aliphatic heterocycles.